The monoisotopic (exact) mass is 290 g/mol. The molecular weight excluding hydrogens is 267 g/mol. The normalized spacial score (nSPS) is 21.5. The van der Waals surface area contributed by atoms with Gasteiger partial charge in [-0.2, -0.15) is 0 Å². The van der Waals surface area contributed by atoms with Crippen molar-refractivity contribution in [2.45, 2.75) is 51.6 Å². The quantitative estimate of drug-likeness (QED) is 0.852. The fraction of sp³-hybridized carbons (Fsp3) is 0.556. The first-order chi connectivity index (χ1) is 10.2. The first-order valence-electron chi connectivity index (χ1n) is 7.80. The molecule has 2 nitrogen and oxygen atoms in total. The summed E-state index contributed by atoms with van der Waals surface area (Å²) in [7, 11) is 0. The second-order valence-electron chi connectivity index (χ2n) is 5.52. The van der Waals surface area contributed by atoms with Crippen molar-refractivity contribution < 1.29 is 14.2 Å². The molecule has 0 aliphatic heterocycles. The van der Waals surface area contributed by atoms with E-state index in [1.807, 2.05) is 0 Å². The van der Waals surface area contributed by atoms with E-state index >= 15 is 0 Å². The van der Waals surface area contributed by atoms with Crippen LogP contribution in [0.5, 0.6) is 5.75 Å². The van der Waals surface area contributed by atoms with Crippen LogP contribution in [-0.4, -0.2) is 17.8 Å². The summed E-state index contributed by atoms with van der Waals surface area (Å²) in [5, 5.41) is 8.79. The molecule has 0 radical (unpaired) electrons. The maximum Gasteiger partial charge on any atom is 0.135 e. The smallest absolute Gasteiger partial charge is 0.135 e. The van der Waals surface area contributed by atoms with Gasteiger partial charge in [-0.15, -0.1) is 0 Å². The van der Waals surface area contributed by atoms with Crippen molar-refractivity contribution in [1.29, 1.82) is 0 Å². The zero-order valence-electron chi connectivity index (χ0n) is 12.6. The number of ether oxygens (including phenoxy) is 1. The molecule has 2 unspecified atom stereocenters. The van der Waals surface area contributed by atoms with Crippen LogP contribution in [0.15, 0.2) is 18.2 Å². The Kier molecular flexibility index (Phi) is 6.07. The summed E-state index contributed by atoms with van der Waals surface area (Å²) in [5.74, 6) is 6.65. The maximum absolute atomic E-state index is 13.4. The highest BCUT2D eigenvalue weighted by Gasteiger charge is 2.25. The number of halogens is 1. The summed E-state index contributed by atoms with van der Waals surface area (Å²) in [5.41, 5.74) is 0.573. The largest absolute Gasteiger partial charge is 0.489 e. The molecule has 0 aromatic heterocycles. The number of aliphatic hydroxyl groups excluding tert-OH is 1. The summed E-state index contributed by atoms with van der Waals surface area (Å²) in [6.45, 7) is 2.21. The Morgan fingerprint density at radius 1 is 1.33 bits per heavy atom. The van der Waals surface area contributed by atoms with Gasteiger partial charge in [0.25, 0.3) is 0 Å². The van der Waals surface area contributed by atoms with Crippen LogP contribution in [0.2, 0.25) is 0 Å². The molecule has 0 spiro atoms. The summed E-state index contributed by atoms with van der Waals surface area (Å²) in [6, 6.07) is 4.49. The standard InChI is InChI=1S/C18H23FO2/c1-2-14-7-3-4-9-17(14)21-18-11-10-16(19)13-15(18)8-5-6-12-20/h10-11,13-14,17,20H,2-4,6-7,9,12H2,1H3. The van der Waals surface area contributed by atoms with E-state index in [0.29, 0.717) is 23.7 Å². The Hall–Kier alpha value is -1.53. The zero-order valence-corrected chi connectivity index (χ0v) is 12.6. The van der Waals surface area contributed by atoms with Crippen LogP contribution in [0.1, 0.15) is 51.0 Å². The zero-order chi connectivity index (χ0) is 15.1. The van der Waals surface area contributed by atoms with E-state index in [4.69, 9.17) is 9.84 Å². The molecule has 3 heteroatoms. The minimum absolute atomic E-state index is 0.0129. The Bertz CT molecular complexity index is 516. The van der Waals surface area contributed by atoms with Crippen molar-refractivity contribution >= 4 is 0 Å². The molecule has 1 N–H and O–H groups in total. The number of aliphatic hydroxyl groups is 1. The summed E-state index contributed by atoms with van der Waals surface area (Å²) in [4.78, 5) is 0. The van der Waals surface area contributed by atoms with Crippen LogP contribution >= 0.6 is 0 Å². The van der Waals surface area contributed by atoms with E-state index in [-0.39, 0.29) is 18.5 Å². The van der Waals surface area contributed by atoms with Gasteiger partial charge in [-0.05, 0) is 49.8 Å². The highest BCUT2D eigenvalue weighted by Crippen LogP contribution is 2.31. The fourth-order valence-corrected chi connectivity index (χ4v) is 2.88. The minimum Gasteiger partial charge on any atom is -0.489 e. The highest BCUT2D eigenvalue weighted by atomic mass is 19.1. The van der Waals surface area contributed by atoms with Gasteiger partial charge in [0.15, 0.2) is 0 Å². The van der Waals surface area contributed by atoms with Gasteiger partial charge in [0.2, 0.25) is 0 Å². The van der Waals surface area contributed by atoms with E-state index in [1.54, 1.807) is 6.07 Å². The molecule has 1 aromatic carbocycles. The molecule has 2 rings (SSSR count). The number of benzene rings is 1. The molecular formula is C18H23FO2. The third-order valence-corrected chi connectivity index (χ3v) is 4.04. The third kappa shape index (κ3) is 4.47. The van der Waals surface area contributed by atoms with Crippen LogP contribution in [0.25, 0.3) is 0 Å². The molecule has 2 atom stereocenters. The maximum atomic E-state index is 13.4. The van der Waals surface area contributed by atoms with Crippen LogP contribution in [-0.2, 0) is 0 Å². The Morgan fingerprint density at radius 2 is 2.14 bits per heavy atom. The second kappa shape index (κ2) is 8.05. The lowest BCUT2D eigenvalue weighted by molar-refractivity contribution is 0.0900. The van der Waals surface area contributed by atoms with Crippen LogP contribution in [0.4, 0.5) is 4.39 Å². The number of rotatable bonds is 4. The lowest BCUT2D eigenvalue weighted by Crippen LogP contribution is -2.30. The van der Waals surface area contributed by atoms with Crippen molar-refractivity contribution in [1.82, 2.24) is 0 Å². The van der Waals surface area contributed by atoms with Gasteiger partial charge in [-0.1, -0.05) is 25.2 Å². The van der Waals surface area contributed by atoms with E-state index in [1.165, 1.54) is 31.4 Å². The molecule has 21 heavy (non-hydrogen) atoms. The Morgan fingerprint density at radius 3 is 2.90 bits per heavy atom. The summed E-state index contributed by atoms with van der Waals surface area (Å²) in [6.07, 6.45) is 6.41. The SMILES string of the molecule is CCC1CCCCC1Oc1ccc(F)cc1C#CCCO. The molecule has 0 saturated heterocycles. The summed E-state index contributed by atoms with van der Waals surface area (Å²) >= 11 is 0. The molecule has 1 saturated carbocycles. The van der Waals surface area contributed by atoms with Crippen molar-refractivity contribution in [3.05, 3.63) is 29.6 Å². The van der Waals surface area contributed by atoms with Gasteiger partial charge in [-0.3, -0.25) is 0 Å². The predicted molar refractivity (Wildman–Crippen MR) is 81.6 cm³/mol. The molecule has 1 aromatic rings. The van der Waals surface area contributed by atoms with E-state index in [9.17, 15) is 4.39 Å². The van der Waals surface area contributed by atoms with Gasteiger partial charge in [0.05, 0.1) is 12.2 Å². The number of hydrogen-bond donors (Lipinski definition) is 1. The fourth-order valence-electron chi connectivity index (χ4n) is 2.88. The van der Waals surface area contributed by atoms with Crippen LogP contribution in [0.3, 0.4) is 0 Å². The van der Waals surface area contributed by atoms with E-state index < -0.39 is 0 Å². The molecule has 114 valence electrons. The van der Waals surface area contributed by atoms with Gasteiger partial charge < -0.3 is 9.84 Å². The van der Waals surface area contributed by atoms with Gasteiger partial charge >= 0.3 is 0 Å². The molecule has 0 bridgehead atoms. The third-order valence-electron chi connectivity index (χ3n) is 4.04. The molecule has 0 heterocycles. The summed E-state index contributed by atoms with van der Waals surface area (Å²) < 4.78 is 19.5. The first-order valence-corrected chi connectivity index (χ1v) is 7.80. The Labute approximate surface area is 126 Å². The lowest BCUT2D eigenvalue weighted by Gasteiger charge is -2.31. The second-order valence-corrected chi connectivity index (χ2v) is 5.52. The van der Waals surface area contributed by atoms with Crippen LogP contribution < -0.4 is 4.74 Å². The van der Waals surface area contributed by atoms with Crippen LogP contribution in [0, 0.1) is 23.6 Å². The molecule has 1 fully saturated rings. The first kappa shape index (κ1) is 15.9. The van der Waals surface area contributed by atoms with Crippen molar-refractivity contribution in [2.75, 3.05) is 6.61 Å². The van der Waals surface area contributed by atoms with E-state index in [2.05, 4.69) is 18.8 Å². The lowest BCUT2D eigenvalue weighted by atomic mass is 9.84. The Balaban J connectivity index is 2.16. The average Bonchev–Trinajstić information content (AvgIpc) is 2.50. The molecule has 1 aliphatic carbocycles. The van der Waals surface area contributed by atoms with E-state index in [0.717, 1.165) is 12.8 Å². The predicted octanol–water partition coefficient (Wildman–Crippen LogP) is 3.91. The van der Waals surface area contributed by atoms with Gasteiger partial charge in [-0.25, -0.2) is 4.39 Å². The minimum atomic E-state index is -0.314. The van der Waals surface area contributed by atoms with Gasteiger partial charge in [0, 0.05) is 6.42 Å². The van der Waals surface area contributed by atoms with Crippen molar-refractivity contribution in [3.8, 4) is 17.6 Å². The topological polar surface area (TPSA) is 29.5 Å². The molecule has 0 amide bonds. The molecule has 1 aliphatic rings. The number of hydrogen-bond acceptors (Lipinski definition) is 2. The van der Waals surface area contributed by atoms with Crippen molar-refractivity contribution in [3.63, 3.8) is 0 Å². The highest BCUT2D eigenvalue weighted by molar-refractivity contribution is 5.46. The van der Waals surface area contributed by atoms with Crippen molar-refractivity contribution in [2.24, 2.45) is 5.92 Å². The van der Waals surface area contributed by atoms with Gasteiger partial charge in [0.1, 0.15) is 17.7 Å². The average molecular weight is 290 g/mol.